The van der Waals surface area contributed by atoms with Crippen molar-refractivity contribution in [1.29, 1.82) is 0 Å². The largest absolute Gasteiger partial charge is 0.431 e. The molecule has 0 aliphatic heterocycles. The van der Waals surface area contributed by atoms with Crippen LogP contribution in [0.5, 0.6) is 5.75 Å². The van der Waals surface area contributed by atoms with E-state index < -0.39 is 29.8 Å². The summed E-state index contributed by atoms with van der Waals surface area (Å²) in [7, 11) is 0. The van der Waals surface area contributed by atoms with Gasteiger partial charge in [-0.15, -0.1) is 0 Å². The molecule has 3 aromatic rings. The van der Waals surface area contributed by atoms with E-state index in [2.05, 4.69) is 30.1 Å². The maximum atomic E-state index is 13.8. The summed E-state index contributed by atoms with van der Waals surface area (Å²) in [5, 5.41) is 5.41. The summed E-state index contributed by atoms with van der Waals surface area (Å²) < 4.78 is 69.8. The number of rotatable bonds is 4. The first-order valence-electron chi connectivity index (χ1n) is 7.09. The highest BCUT2D eigenvalue weighted by molar-refractivity contribution is 6.01. The molecule has 0 bridgehead atoms. The predicted molar refractivity (Wildman–Crippen MR) is 87.3 cm³/mol. The molecule has 0 N–H and O–H groups in total. The number of hydrogen-bond donors (Lipinski definition) is 0. The van der Waals surface area contributed by atoms with E-state index in [0.717, 1.165) is 0 Å². The summed E-state index contributed by atoms with van der Waals surface area (Å²) in [5.74, 6) is -6.04. The molecule has 0 unspecified atom stereocenters. The SMILES string of the molecule is Fc1c(F)c(OC(F)F)c2cc3ccccc3cc2c1F.[N-]=[N+]=NON=[N+]=[N-]. The number of halogens is 5. The first kappa shape index (κ1) is 20.4. The third-order valence-electron chi connectivity index (χ3n) is 3.30. The standard InChI is InChI=1S/C15H7F5O.N6O/c16-11-9-5-7-3-1-2-4-8(7)6-10(9)14(21-15(19)20)13(18)12(11)17;1-3-5-7-6-4-2/h1-6,15H;. The predicted octanol–water partition coefficient (Wildman–Crippen LogP) is 6.47. The van der Waals surface area contributed by atoms with Gasteiger partial charge >= 0.3 is 6.61 Å². The Morgan fingerprint density at radius 1 is 0.821 bits per heavy atom. The second-order valence-corrected chi connectivity index (χ2v) is 4.82. The minimum absolute atomic E-state index is 0.245. The molecule has 0 fully saturated rings. The molecule has 0 saturated carbocycles. The summed E-state index contributed by atoms with van der Waals surface area (Å²) in [6.45, 7) is -3.35. The van der Waals surface area contributed by atoms with Crippen molar-refractivity contribution in [3.63, 3.8) is 0 Å². The van der Waals surface area contributed by atoms with Gasteiger partial charge in [-0.25, -0.2) is 8.78 Å². The van der Waals surface area contributed by atoms with Crippen molar-refractivity contribution in [2.75, 3.05) is 0 Å². The van der Waals surface area contributed by atoms with Crippen molar-refractivity contribution in [2.45, 2.75) is 6.61 Å². The van der Waals surface area contributed by atoms with Gasteiger partial charge in [-0.2, -0.15) is 13.2 Å². The number of azide groups is 1. The monoisotopic (exact) mass is 398 g/mol. The van der Waals surface area contributed by atoms with E-state index in [-0.39, 0.29) is 10.8 Å². The molecule has 0 aliphatic rings. The van der Waals surface area contributed by atoms with Crippen molar-refractivity contribution in [1.82, 2.24) is 0 Å². The normalized spacial score (nSPS) is 9.93. The molecule has 0 aliphatic carbocycles. The van der Waals surface area contributed by atoms with Gasteiger partial charge in [0.25, 0.3) is 0 Å². The maximum Gasteiger partial charge on any atom is 0.387 e. The second kappa shape index (κ2) is 9.12. The highest BCUT2D eigenvalue weighted by Crippen LogP contribution is 2.36. The topological polar surface area (TPSA) is 116 Å². The number of hydrogen-bond acceptors (Lipinski definition) is 4. The zero-order valence-corrected chi connectivity index (χ0v) is 13.4. The van der Waals surface area contributed by atoms with Crippen LogP contribution in [0.1, 0.15) is 0 Å². The Morgan fingerprint density at radius 3 is 1.86 bits per heavy atom. The van der Waals surface area contributed by atoms with E-state index in [1.165, 1.54) is 12.1 Å². The quantitative estimate of drug-likeness (QED) is 0.0953. The molecule has 0 spiro atoms. The molecule has 8 nitrogen and oxygen atoms in total. The molecule has 0 radical (unpaired) electrons. The van der Waals surface area contributed by atoms with Crippen LogP contribution in [-0.2, 0) is 4.94 Å². The van der Waals surface area contributed by atoms with E-state index in [0.29, 0.717) is 10.8 Å². The molecule has 3 rings (SSSR count). The molecular weight excluding hydrogens is 391 g/mol. The Balaban J connectivity index is 0.000000345. The van der Waals surface area contributed by atoms with Gasteiger partial charge in [0.05, 0.1) is 0 Å². The lowest BCUT2D eigenvalue weighted by molar-refractivity contribution is -0.0514. The van der Waals surface area contributed by atoms with Gasteiger partial charge in [0.1, 0.15) is 10.6 Å². The molecule has 13 heteroatoms. The van der Waals surface area contributed by atoms with Gasteiger partial charge in [0.15, 0.2) is 17.4 Å². The summed E-state index contributed by atoms with van der Waals surface area (Å²) in [5.41, 5.74) is 14.9. The zero-order valence-electron chi connectivity index (χ0n) is 13.4. The van der Waals surface area contributed by atoms with Crippen molar-refractivity contribution >= 4 is 21.5 Å². The van der Waals surface area contributed by atoms with Crippen molar-refractivity contribution in [2.24, 2.45) is 10.6 Å². The van der Waals surface area contributed by atoms with E-state index in [9.17, 15) is 22.0 Å². The molecule has 0 saturated heterocycles. The van der Waals surface area contributed by atoms with Crippen molar-refractivity contribution in [3.05, 3.63) is 74.7 Å². The summed E-state index contributed by atoms with van der Waals surface area (Å²) in [6, 6.07) is 9.19. The number of benzene rings is 3. The van der Waals surface area contributed by atoms with Crippen LogP contribution in [0.2, 0.25) is 0 Å². The molecule has 28 heavy (non-hydrogen) atoms. The van der Waals surface area contributed by atoms with Gasteiger partial charge in [-0.1, -0.05) is 24.3 Å². The van der Waals surface area contributed by atoms with Crippen LogP contribution >= 0.6 is 0 Å². The van der Waals surface area contributed by atoms with Gasteiger partial charge in [0, 0.05) is 20.6 Å². The van der Waals surface area contributed by atoms with Crippen molar-refractivity contribution < 1.29 is 31.6 Å². The lowest BCUT2D eigenvalue weighted by atomic mass is 10.0. The number of ether oxygens (including phenoxy) is 1. The molecule has 3 aromatic carbocycles. The van der Waals surface area contributed by atoms with E-state index in [1.807, 2.05) is 0 Å². The Bertz CT molecular complexity index is 1100. The average molecular weight is 398 g/mol. The van der Waals surface area contributed by atoms with E-state index in [1.54, 1.807) is 24.3 Å². The smallest absolute Gasteiger partial charge is 0.387 e. The number of fused-ring (bicyclic) bond motifs is 2. The summed E-state index contributed by atoms with van der Waals surface area (Å²) >= 11 is 0. The van der Waals surface area contributed by atoms with Crippen LogP contribution in [0.3, 0.4) is 0 Å². The van der Waals surface area contributed by atoms with E-state index in [4.69, 9.17) is 11.1 Å². The van der Waals surface area contributed by atoms with Gasteiger partial charge in [0.2, 0.25) is 5.82 Å². The fourth-order valence-electron chi connectivity index (χ4n) is 2.30. The van der Waals surface area contributed by atoms with E-state index >= 15 is 0 Å². The molecule has 0 amide bonds. The van der Waals surface area contributed by atoms with Crippen LogP contribution in [0.15, 0.2) is 47.0 Å². The third kappa shape index (κ3) is 4.41. The molecule has 0 aromatic heterocycles. The van der Waals surface area contributed by atoms with Crippen molar-refractivity contribution in [3.8, 4) is 5.75 Å². The molecule has 0 heterocycles. The first-order chi connectivity index (χ1) is 13.4. The first-order valence-corrected chi connectivity index (χ1v) is 7.09. The summed E-state index contributed by atoms with van der Waals surface area (Å²) in [6.07, 6.45) is 0. The molecule has 144 valence electrons. The van der Waals surface area contributed by atoms with Crippen LogP contribution in [0, 0.1) is 17.5 Å². The second-order valence-electron chi connectivity index (χ2n) is 4.82. The zero-order chi connectivity index (χ0) is 20.7. The van der Waals surface area contributed by atoms with Crippen LogP contribution < -0.4 is 4.74 Å². The van der Waals surface area contributed by atoms with Crippen LogP contribution in [0.4, 0.5) is 22.0 Å². The number of nitrogens with zero attached hydrogens (tertiary/aromatic N) is 6. The Hall–Kier alpha value is -3.95. The fraction of sp³-hybridized carbons (Fsp3) is 0.0667. The highest BCUT2D eigenvalue weighted by Gasteiger charge is 2.23. The van der Waals surface area contributed by atoms with Crippen LogP contribution in [-0.4, -0.2) is 6.61 Å². The van der Waals surface area contributed by atoms with Crippen LogP contribution in [0.25, 0.3) is 42.4 Å². The minimum atomic E-state index is -3.35. The minimum Gasteiger partial charge on any atom is -0.431 e. The molecular formula is C15H7F5N6O2. The fourth-order valence-corrected chi connectivity index (χ4v) is 2.30. The summed E-state index contributed by atoms with van der Waals surface area (Å²) in [4.78, 5) is 7.77. The lowest BCUT2D eigenvalue weighted by Gasteiger charge is -2.12. The Labute approximate surface area is 151 Å². The Kier molecular flexibility index (Phi) is 6.63. The van der Waals surface area contributed by atoms with Gasteiger partial charge < -0.3 is 9.68 Å². The average Bonchev–Trinajstić information content (AvgIpc) is 2.69. The third-order valence-corrected chi connectivity index (χ3v) is 3.30. The molecule has 0 atom stereocenters. The van der Waals surface area contributed by atoms with Gasteiger partial charge in [-0.3, -0.25) is 0 Å². The Morgan fingerprint density at radius 2 is 1.36 bits per heavy atom. The maximum absolute atomic E-state index is 13.8. The number of alkyl halides is 2. The lowest BCUT2D eigenvalue weighted by Crippen LogP contribution is -2.07. The highest BCUT2D eigenvalue weighted by atomic mass is 19.3. The van der Waals surface area contributed by atoms with Gasteiger partial charge in [-0.05, 0) is 34.0 Å².